The van der Waals surface area contributed by atoms with Crippen molar-refractivity contribution in [1.29, 1.82) is 0 Å². The minimum absolute atomic E-state index is 0.0203. The van der Waals surface area contributed by atoms with Crippen molar-refractivity contribution in [1.82, 2.24) is 4.72 Å². The minimum Gasteiger partial charge on any atom is -0.392 e. The molecule has 0 aliphatic heterocycles. The summed E-state index contributed by atoms with van der Waals surface area (Å²) >= 11 is 4.72. The average molecular weight is 268 g/mol. The molecule has 0 spiro atoms. The molecular formula is C9H20N2O3S2. The Kier molecular flexibility index (Phi) is 7.82. The largest absolute Gasteiger partial charge is 0.392 e. The number of unbranched alkanes of at least 4 members (excludes halogenated alkanes) is 1. The predicted molar refractivity (Wildman–Crippen MR) is 68.9 cm³/mol. The molecule has 0 heterocycles. The zero-order chi connectivity index (χ0) is 12.6. The predicted octanol–water partition coefficient (Wildman–Crippen LogP) is 0.397. The number of thiocarbonyl (C=S) groups is 1. The summed E-state index contributed by atoms with van der Waals surface area (Å²) in [5.41, 5.74) is 5.38. The highest BCUT2D eigenvalue weighted by atomic mass is 32.2. The molecule has 0 aliphatic rings. The third-order valence-electron chi connectivity index (χ3n) is 2.14. The summed E-state index contributed by atoms with van der Waals surface area (Å²) in [6, 6.07) is 0. The van der Waals surface area contributed by atoms with Gasteiger partial charge in [-0.05, 0) is 19.3 Å². The van der Waals surface area contributed by atoms with E-state index in [0.29, 0.717) is 19.6 Å². The van der Waals surface area contributed by atoms with Gasteiger partial charge < -0.3 is 10.5 Å². The van der Waals surface area contributed by atoms with Crippen LogP contribution >= 0.6 is 12.2 Å². The van der Waals surface area contributed by atoms with E-state index in [-0.39, 0.29) is 4.99 Å². The summed E-state index contributed by atoms with van der Waals surface area (Å²) in [6.07, 6.45) is 1.95. The SMILES string of the molecule is CCC(C(N)=S)S(=O)(=O)NCCCCOC. The van der Waals surface area contributed by atoms with Gasteiger partial charge in [-0.1, -0.05) is 19.1 Å². The van der Waals surface area contributed by atoms with Crippen LogP contribution in [0.25, 0.3) is 0 Å². The smallest absolute Gasteiger partial charge is 0.220 e. The Hall–Kier alpha value is -0.240. The molecule has 7 heteroatoms. The van der Waals surface area contributed by atoms with Crippen molar-refractivity contribution in [3.63, 3.8) is 0 Å². The maximum Gasteiger partial charge on any atom is 0.220 e. The van der Waals surface area contributed by atoms with Crippen molar-refractivity contribution in [2.75, 3.05) is 20.3 Å². The summed E-state index contributed by atoms with van der Waals surface area (Å²) in [6.45, 7) is 2.77. The van der Waals surface area contributed by atoms with Gasteiger partial charge >= 0.3 is 0 Å². The number of ether oxygens (including phenoxy) is 1. The number of hydrogen-bond donors (Lipinski definition) is 2. The van der Waals surface area contributed by atoms with Crippen LogP contribution in [-0.2, 0) is 14.8 Å². The molecule has 0 rings (SSSR count). The maximum atomic E-state index is 11.7. The number of nitrogens with two attached hydrogens (primary N) is 1. The number of methoxy groups -OCH3 is 1. The summed E-state index contributed by atoms with van der Waals surface area (Å²) in [5.74, 6) is 0. The molecule has 1 atom stereocenters. The molecule has 5 nitrogen and oxygen atoms in total. The summed E-state index contributed by atoms with van der Waals surface area (Å²) in [5, 5.41) is -0.773. The molecule has 0 aliphatic carbocycles. The van der Waals surface area contributed by atoms with Crippen LogP contribution in [0, 0.1) is 0 Å². The van der Waals surface area contributed by atoms with Gasteiger partial charge in [0.25, 0.3) is 0 Å². The van der Waals surface area contributed by atoms with E-state index in [1.165, 1.54) is 0 Å². The van der Waals surface area contributed by atoms with Crippen molar-refractivity contribution in [3.05, 3.63) is 0 Å². The van der Waals surface area contributed by atoms with Crippen LogP contribution in [-0.4, -0.2) is 38.9 Å². The molecule has 16 heavy (non-hydrogen) atoms. The van der Waals surface area contributed by atoms with Gasteiger partial charge in [-0.2, -0.15) is 0 Å². The molecule has 0 bridgehead atoms. The molecule has 0 saturated heterocycles. The normalized spacial score (nSPS) is 13.6. The third-order valence-corrected chi connectivity index (χ3v) is 4.52. The number of rotatable bonds is 9. The number of sulfonamides is 1. The molecular weight excluding hydrogens is 248 g/mol. The van der Waals surface area contributed by atoms with E-state index in [1.807, 2.05) is 0 Å². The van der Waals surface area contributed by atoms with Crippen molar-refractivity contribution < 1.29 is 13.2 Å². The lowest BCUT2D eigenvalue weighted by atomic mass is 10.3. The molecule has 0 aromatic heterocycles. The van der Waals surface area contributed by atoms with Crippen LogP contribution in [0.5, 0.6) is 0 Å². The maximum absolute atomic E-state index is 11.7. The van der Waals surface area contributed by atoms with E-state index in [2.05, 4.69) is 4.72 Å². The Labute approximate surface area is 103 Å². The third kappa shape index (κ3) is 5.74. The van der Waals surface area contributed by atoms with Gasteiger partial charge in [-0.15, -0.1) is 0 Å². The first kappa shape index (κ1) is 15.8. The monoisotopic (exact) mass is 268 g/mol. The zero-order valence-corrected chi connectivity index (χ0v) is 11.4. The van der Waals surface area contributed by atoms with E-state index in [9.17, 15) is 8.42 Å². The van der Waals surface area contributed by atoms with Gasteiger partial charge in [0.05, 0.1) is 4.99 Å². The standard InChI is InChI=1S/C9H20N2O3S2/c1-3-8(9(10)15)16(12,13)11-6-4-5-7-14-2/h8,11H,3-7H2,1-2H3,(H2,10,15). The Morgan fingerprint density at radius 1 is 1.50 bits per heavy atom. The lowest BCUT2D eigenvalue weighted by Gasteiger charge is -2.14. The van der Waals surface area contributed by atoms with Crippen molar-refractivity contribution in [2.24, 2.45) is 5.73 Å². The topological polar surface area (TPSA) is 81.4 Å². The molecule has 0 aromatic carbocycles. The zero-order valence-electron chi connectivity index (χ0n) is 9.73. The molecule has 96 valence electrons. The van der Waals surface area contributed by atoms with Gasteiger partial charge in [-0.3, -0.25) is 0 Å². The Morgan fingerprint density at radius 2 is 2.12 bits per heavy atom. The first-order valence-corrected chi connectivity index (χ1v) is 7.18. The van der Waals surface area contributed by atoms with Gasteiger partial charge in [0, 0.05) is 20.3 Å². The number of nitrogens with one attached hydrogen (secondary N) is 1. The highest BCUT2D eigenvalue weighted by molar-refractivity contribution is 7.93. The highest BCUT2D eigenvalue weighted by Gasteiger charge is 2.25. The lowest BCUT2D eigenvalue weighted by molar-refractivity contribution is 0.193. The van der Waals surface area contributed by atoms with E-state index in [4.69, 9.17) is 22.7 Å². The summed E-state index contributed by atoms with van der Waals surface area (Å²) < 4.78 is 30.8. The second kappa shape index (κ2) is 7.94. The molecule has 3 N–H and O–H groups in total. The summed E-state index contributed by atoms with van der Waals surface area (Å²) in [7, 11) is -1.80. The minimum atomic E-state index is -3.42. The molecule has 0 fully saturated rings. The molecule has 0 radical (unpaired) electrons. The number of hydrogen-bond acceptors (Lipinski definition) is 4. The first-order valence-electron chi connectivity index (χ1n) is 5.22. The molecule has 0 saturated carbocycles. The molecule has 0 aromatic rings. The van der Waals surface area contributed by atoms with Crippen LogP contribution in [0.2, 0.25) is 0 Å². The highest BCUT2D eigenvalue weighted by Crippen LogP contribution is 2.04. The fraction of sp³-hybridized carbons (Fsp3) is 0.889. The van der Waals surface area contributed by atoms with Gasteiger partial charge in [0.1, 0.15) is 5.25 Å². The van der Waals surface area contributed by atoms with Gasteiger partial charge in [0.15, 0.2) is 0 Å². The molecule has 1 unspecified atom stereocenters. The van der Waals surface area contributed by atoms with Crippen LogP contribution < -0.4 is 10.5 Å². The fourth-order valence-electron chi connectivity index (χ4n) is 1.26. The van der Waals surface area contributed by atoms with E-state index < -0.39 is 15.3 Å². The Balaban J connectivity index is 4.09. The van der Waals surface area contributed by atoms with Crippen LogP contribution in [0.1, 0.15) is 26.2 Å². The van der Waals surface area contributed by atoms with E-state index in [1.54, 1.807) is 14.0 Å². The fourth-order valence-corrected chi connectivity index (χ4v) is 3.18. The summed E-state index contributed by atoms with van der Waals surface area (Å²) in [4.78, 5) is 0.0203. The first-order chi connectivity index (χ1) is 7.45. The van der Waals surface area contributed by atoms with Crippen LogP contribution in [0.15, 0.2) is 0 Å². The average Bonchev–Trinajstić information content (AvgIpc) is 2.17. The Morgan fingerprint density at radius 3 is 2.56 bits per heavy atom. The van der Waals surface area contributed by atoms with Crippen LogP contribution in [0.4, 0.5) is 0 Å². The second-order valence-corrected chi connectivity index (χ2v) is 5.86. The molecule has 0 amide bonds. The quantitative estimate of drug-likeness (QED) is 0.467. The van der Waals surface area contributed by atoms with Gasteiger partial charge in [-0.25, -0.2) is 13.1 Å². The lowest BCUT2D eigenvalue weighted by Crippen LogP contribution is -2.41. The van der Waals surface area contributed by atoms with Crippen molar-refractivity contribution in [2.45, 2.75) is 31.4 Å². The van der Waals surface area contributed by atoms with Crippen molar-refractivity contribution >= 4 is 27.2 Å². The second-order valence-electron chi connectivity index (χ2n) is 3.44. The van der Waals surface area contributed by atoms with Crippen LogP contribution in [0.3, 0.4) is 0 Å². The van der Waals surface area contributed by atoms with Crippen molar-refractivity contribution in [3.8, 4) is 0 Å². The Bertz CT molecular complexity index is 304. The van der Waals surface area contributed by atoms with Gasteiger partial charge in [0.2, 0.25) is 10.0 Å². The van der Waals surface area contributed by atoms with E-state index in [0.717, 1.165) is 12.8 Å². The van der Waals surface area contributed by atoms with E-state index >= 15 is 0 Å².